The Labute approximate surface area is 141 Å². The van der Waals surface area contributed by atoms with Crippen molar-refractivity contribution in [3.8, 4) is 11.5 Å². The molecule has 0 aliphatic carbocycles. The van der Waals surface area contributed by atoms with Gasteiger partial charge < -0.3 is 24.1 Å². The summed E-state index contributed by atoms with van der Waals surface area (Å²) in [5.74, 6) is 2.24. The summed E-state index contributed by atoms with van der Waals surface area (Å²) in [6.07, 6.45) is 2.43. The molecule has 0 unspecified atom stereocenters. The van der Waals surface area contributed by atoms with E-state index < -0.39 is 0 Å². The van der Waals surface area contributed by atoms with E-state index in [9.17, 15) is 4.79 Å². The summed E-state index contributed by atoms with van der Waals surface area (Å²) in [7, 11) is 3.25. The summed E-state index contributed by atoms with van der Waals surface area (Å²) in [6, 6.07) is 5.75. The maximum absolute atomic E-state index is 12.4. The molecule has 1 aromatic heterocycles. The summed E-state index contributed by atoms with van der Waals surface area (Å²) < 4.78 is 15.9. The lowest BCUT2D eigenvalue weighted by atomic mass is 9.99. The second kappa shape index (κ2) is 6.86. The van der Waals surface area contributed by atoms with Crippen molar-refractivity contribution in [2.45, 2.75) is 26.4 Å². The van der Waals surface area contributed by atoms with E-state index in [1.165, 1.54) is 5.56 Å². The summed E-state index contributed by atoms with van der Waals surface area (Å²) >= 11 is 0. The summed E-state index contributed by atoms with van der Waals surface area (Å²) in [5, 5.41) is 2.95. The number of nitrogens with zero attached hydrogens (tertiary/aromatic N) is 1. The predicted octanol–water partition coefficient (Wildman–Crippen LogP) is 2.87. The van der Waals surface area contributed by atoms with Gasteiger partial charge in [-0.05, 0) is 42.7 Å². The topological polar surface area (TPSA) is 63.9 Å². The van der Waals surface area contributed by atoms with E-state index in [2.05, 4.69) is 5.32 Å². The van der Waals surface area contributed by atoms with Crippen LogP contribution in [0.5, 0.6) is 11.5 Å². The minimum absolute atomic E-state index is 0.0731. The zero-order chi connectivity index (χ0) is 17.1. The van der Waals surface area contributed by atoms with Gasteiger partial charge in [0.05, 0.1) is 20.5 Å². The molecule has 1 N–H and O–H groups in total. The van der Waals surface area contributed by atoms with Crippen molar-refractivity contribution in [2.75, 3.05) is 20.8 Å². The Bertz CT molecular complexity index is 739. The Morgan fingerprint density at radius 3 is 2.58 bits per heavy atom. The number of carbonyl (C=O) groups is 1. The van der Waals surface area contributed by atoms with Crippen LogP contribution in [-0.2, 0) is 19.5 Å². The van der Waals surface area contributed by atoms with Gasteiger partial charge in [-0.3, -0.25) is 0 Å². The van der Waals surface area contributed by atoms with Crippen molar-refractivity contribution in [3.63, 3.8) is 0 Å². The predicted molar refractivity (Wildman–Crippen MR) is 89.3 cm³/mol. The van der Waals surface area contributed by atoms with Crippen molar-refractivity contribution >= 4 is 6.03 Å². The van der Waals surface area contributed by atoms with E-state index in [-0.39, 0.29) is 6.03 Å². The molecule has 0 radical (unpaired) electrons. The van der Waals surface area contributed by atoms with Gasteiger partial charge in [0.2, 0.25) is 0 Å². The second-order valence-corrected chi connectivity index (χ2v) is 5.81. The number of urea groups is 1. The molecule has 2 amide bonds. The molecule has 3 rings (SSSR count). The lowest BCUT2D eigenvalue weighted by molar-refractivity contribution is 0.191. The highest BCUT2D eigenvalue weighted by molar-refractivity contribution is 5.74. The molecule has 0 spiro atoms. The van der Waals surface area contributed by atoms with Crippen LogP contribution in [0.3, 0.4) is 0 Å². The zero-order valence-corrected chi connectivity index (χ0v) is 14.2. The van der Waals surface area contributed by atoms with Gasteiger partial charge in [0.15, 0.2) is 11.5 Å². The Morgan fingerprint density at radius 2 is 1.96 bits per heavy atom. The number of amides is 2. The van der Waals surface area contributed by atoms with Crippen LogP contribution in [0.15, 0.2) is 28.9 Å². The number of benzene rings is 1. The van der Waals surface area contributed by atoms with Crippen LogP contribution in [0.25, 0.3) is 0 Å². The Kier molecular flexibility index (Phi) is 4.64. The monoisotopic (exact) mass is 330 g/mol. The number of hydrogen-bond acceptors (Lipinski definition) is 4. The lowest BCUT2D eigenvalue weighted by Crippen LogP contribution is -2.42. The summed E-state index contributed by atoms with van der Waals surface area (Å²) in [6.45, 7) is 3.60. The van der Waals surface area contributed by atoms with Gasteiger partial charge >= 0.3 is 6.03 Å². The van der Waals surface area contributed by atoms with Crippen LogP contribution in [0, 0.1) is 6.92 Å². The van der Waals surface area contributed by atoms with Crippen LogP contribution in [-0.4, -0.2) is 31.7 Å². The van der Waals surface area contributed by atoms with Crippen LogP contribution in [0.2, 0.25) is 0 Å². The summed E-state index contributed by atoms with van der Waals surface area (Å²) in [5.41, 5.74) is 3.28. The molecule has 128 valence electrons. The molecular formula is C18H22N2O4. The minimum Gasteiger partial charge on any atom is -0.493 e. The van der Waals surface area contributed by atoms with E-state index in [1.807, 2.05) is 30.0 Å². The van der Waals surface area contributed by atoms with Gasteiger partial charge in [-0.2, -0.15) is 0 Å². The maximum atomic E-state index is 12.4. The molecule has 1 aliphatic rings. The Balaban J connectivity index is 1.67. The first-order valence-corrected chi connectivity index (χ1v) is 7.92. The van der Waals surface area contributed by atoms with E-state index in [0.29, 0.717) is 25.4 Å². The van der Waals surface area contributed by atoms with Gasteiger partial charge in [-0.15, -0.1) is 0 Å². The molecule has 1 aromatic carbocycles. The fraction of sp³-hybridized carbons (Fsp3) is 0.389. The standard InChI is InChI=1S/C18H22N2O4/c1-12-14(5-7-24-12)10-19-18(21)20-6-4-13-8-16(22-2)17(23-3)9-15(13)11-20/h5,7-9H,4,6,10-11H2,1-3H3,(H,19,21). The van der Waals surface area contributed by atoms with Crippen molar-refractivity contribution in [3.05, 3.63) is 46.9 Å². The minimum atomic E-state index is -0.0731. The van der Waals surface area contributed by atoms with Gasteiger partial charge in [0.25, 0.3) is 0 Å². The molecule has 1 aliphatic heterocycles. The highest BCUT2D eigenvalue weighted by atomic mass is 16.5. The SMILES string of the molecule is COc1cc2c(cc1OC)CN(C(=O)NCc1ccoc1C)CC2. The van der Waals surface area contributed by atoms with Crippen LogP contribution < -0.4 is 14.8 Å². The van der Waals surface area contributed by atoms with E-state index in [1.54, 1.807) is 20.5 Å². The van der Waals surface area contributed by atoms with Crippen molar-refractivity contribution < 1.29 is 18.7 Å². The van der Waals surface area contributed by atoms with Gasteiger partial charge in [-0.25, -0.2) is 4.79 Å². The number of carbonyl (C=O) groups excluding carboxylic acids is 1. The fourth-order valence-electron chi connectivity index (χ4n) is 2.93. The quantitative estimate of drug-likeness (QED) is 0.936. The van der Waals surface area contributed by atoms with Crippen molar-refractivity contribution in [1.29, 1.82) is 0 Å². The first-order valence-electron chi connectivity index (χ1n) is 7.92. The van der Waals surface area contributed by atoms with Gasteiger partial charge in [0.1, 0.15) is 5.76 Å². The first-order chi connectivity index (χ1) is 11.6. The average molecular weight is 330 g/mol. The van der Waals surface area contributed by atoms with E-state index in [4.69, 9.17) is 13.9 Å². The largest absolute Gasteiger partial charge is 0.493 e. The van der Waals surface area contributed by atoms with Crippen LogP contribution in [0.1, 0.15) is 22.5 Å². The third-order valence-electron chi connectivity index (χ3n) is 4.40. The van der Waals surface area contributed by atoms with Crippen molar-refractivity contribution in [1.82, 2.24) is 10.2 Å². The number of rotatable bonds is 4. The fourth-order valence-corrected chi connectivity index (χ4v) is 2.93. The number of aryl methyl sites for hydroxylation is 1. The maximum Gasteiger partial charge on any atom is 0.317 e. The highest BCUT2D eigenvalue weighted by Gasteiger charge is 2.22. The third-order valence-corrected chi connectivity index (χ3v) is 4.40. The molecule has 2 heterocycles. The first kappa shape index (κ1) is 16.2. The van der Waals surface area contributed by atoms with E-state index >= 15 is 0 Å². The van der Waals surface area contributed by atoms with Gasteiger partial charge in [0, 0.05) is 25.2 Å². The molecule has 6 nitrogen and oxygen atoms in total. The lowest BCUT2D eigenvalue weighted by Gasteiger charge is -2.29. The number of hydrogen-bond donors (Lipinski definition) is 1. The van der Waals surface area contributed by atoms with Crippen LogP contribution >= 0.6 is 0 Å². The molecule has 0 saturated carbocycles. The Morgan fingerprint density at radius 1 is 1.25 bits per heavy atom. The molecular weight excluding hydrogens is 308 g/mol. The van der Waals surface area contributed by atoms with Crippen LogP contribution in [0.4, 0.5) is 4.79 Å². The molecule has 6 heteroatoms. The number of furan rings is 1. The second-order valence-electron chi connectivity index (χ2n) is 5.81. The molecule has 0 fully saturated rings. The molecule has 2 aromatic rings. The molecule has 0 bridgehead atoms. The van der Waals surface area contributed by atoms with Gasteiger partial charge in [-0.1, -0.05) is 0 Å². The molecule has 24 heavy (non-hydrogen) atoms. The zero-order valence-electron chi connectivity index (χ0n) is 14.2. The normalized spacial score (nSPS) is 13.4. The molecule has 0 atom stereocenters. The van der Waals surface area contributed by atoms with Crippen molar-refractivity contribution in [2.24, 2.45) is 0 Å². The smallest absolute Gasteiger partial charge is 0.317 e. The highest BCUT2D eigenvalue weighted by Crippen LogP contribution is 2.33. The Hall–Kier alpha value is -2.63. The number of nitrogens with one attached hydrogen (secondary N) is 1. The average Bonchev–Trinajstić information content (AvgIpc) is 3.02. The number of methoxy groups -OCH3 is 2. The number of ether oxygens (including phenoxy) is 2. The third kappa shape index (κ3) is 3.18. The van der Waals surface area contributed by atoms with E-state index in [0.717, 1.165) is 29.1 Å². The molecule has 0 saturated heterocycles. The summed E-state index contributed by atoms with van der Waals surface area (Å²) in [4.78, 5) is 14.2. The number of fused-ring (bicyclic) bond motifs is 1.